The summed E-state index contributed by atoms with van der Waals surface area (Å²) in [7, 11) is -1.12. The number of anilines is 1. The Kier molecular flexibility index (Phi) is 6.93. The Morgan fingerprint density at radius 3 is 2.87 bits per heavy atom. The summed E-state index contributed by atoms with van der Waals surface area (Å²) in [6.07, 6.45) is 3.21. The molecule has 1 fully saturated rings. The van der Waals surface area contributed by atoms with Crippen LogP contribution in [-0.4, -0.2) is 71.0 Å². The molecule has 164 valence electrons. The SMILES string of the molecule is C[Si](C)(C)CCOCn1ccc2nc(NC(=O)NCC3CCN(C(=O)O)C3)cnc21. The number of carbonyl (C=O) groups excluding carboxylic acids is 1. The second-order valence-corrected chi connectivity index (χ2v) is 14.4. The smallest absolute Gasteiger partial charge is 0.407 e. The van der Waals surface area contributed by atoms with E-state index < -0.39 is 14.2 Å². The van der Waals surface area contributed by atoms with Crippen molar-refractivity contribution in [2.24, 2.45) is 5.92 Å². The Morgan fingerprint density at radius 1 is 1.37 bits per heavy atom. The highest BCUT2D eigenvalue weighted by Crippen LogP contribution is 2.16. The van der Waals surface area contributed by atoms with Crippen LogP contribution in [0.4, 0.5) is 15.4 Å². The van der Waals surface area contributed by atoms with Gasteiger partial charge in [0.1, 0.15) is 12.2 Å². The zero-order chi connectivity index (χ0) is 21.7. The van der Waals surface area contributed by atoms with Crippen LogP contribution >= 0.6 is 0 Å². The summed E-state index contributed by atoms with van der Waals surface area (Å²) in [6, 6.07) is 2.56. The molecule has 3 N–H and O–H groups in total. The van der Waals surface area contributed by atoms with E-state index in [-0.39, 0.29) is 11.9 Å². The first kappa shape index (κ1) is 22.0. The molecule has 1 aliphatic rings. The van der Waals surface area contributed by atoms with Crippen LogP contribution in [0.5, 0.6) is 0 Å². The van der Waals surface area contributed by atoms with Gasteiger partial charge < -0.3 is 24.6 Å². The van der Waals surface area contributed by atoms with E-state index in [1.807, 2.05) is 16.8 Å². The average Bonchev–Trinajstić information content (AvgIpc) is 3.30. The fourth-order valence-electron chi connectivity index (χ4n) is 3.24. The number of hydrogen-bond acceptors (Lipinski definition) is 5. The quantitative estimate of drug-likeness (QED) is 0.434. The molecule has 0 spiro atoms. The molecule has 10 nitrogen and oxygen atoms in total. The third kappa shape index (κ3) is 6.17. The number of fused-ring (bicyclic) bond motifs is 1. The standard InChI is InChI=1S/C19H30N6O4Si/c1-30(2,3)9-8-29-13-25-7-5-15-17(25)20-11-16(22-15)23-18(26)21-10-14-4-6-24(12-14)19(27)28/h5,7,11,14H,4,6,8-10,12-13H2,1-3H3,(H,27,28)(H2,21,22,23,26). The van der Waals surface area contributed by atoms with Crippen molar-refractivity contribution in [1.29, 1.82) is 0 Å². The first-order chi connectivity index (χ1) is 14.2. The maximum absolute atomic E-state index is 12.1. The normalized spacial score (nSPS) is 16.8. The van der Waals surface area contributed by atoms with Gasteiger partial charge in [-0.15, -0.1) is 0 Å². The fraction of sp³-hybridized carbons (Fsp3) is 0.579. The van der Waals surface area contributed by atoms with E-state index in [2.05, 4.69) is 40.2 Å². The van der Waals surface area contributed by atoms with Gasteiger partial charge in [-0.3, -0.25) is 5.32 Å². The second-order valence-electron chi connectivity index (χ2n) is 8.82. The van der Waals surface area contributed by atoms with E-state index in [0.717, 1.165) is 19.1 Å². The van der Waals surface area contributed by atoms with Crippen LogP contribution in [0.15, 0.2) is 18.5 Å². The predicted molar refractivity (Wildman–Crippen MR) is 116 cm³/mol. The maximum Gasteiger partial charge on any atom is 0.407 e. The van der Waals surface area contributed by atoms with Gasteiger partial charge in [0, 0.05) is 40.5 Å². The van der Waals surface area contributed by atoms with Crippen molar-refractivity contribution in [1.82, 2.24) is 24.8 Å². The van der Waals surface area contributed by atoms with E-state index in [0.29, 0.717) is 43.3 Å². The lowest BCUT2D eigenvalue weighted by molar-refractivity contribution is 0.0899. The molecule has 0 aliphatic carbocycles. The lowest BCUT2D eigenvalue weighted by atomic mass is 10.1. The Hall–Kier alpha value is -2.66. The van der Waals surface area contributed by atoms with Crippen molar-refractivity contribution in [2.75, 3.05) is 31.6 Å². The summed E-state index contributed by atoms with van der Waals surface area (Å²) < 4.78 is 7.66. The van der Waals surface area contributed by atoms with Gasteiger partial charge in [0.05, 0.1) is 6.20 Å². The predicted octanol–water partition coefficient (Wildman–Crippen LogP) is 2.87. The highest BCUT2D eigenvalue weighted by Gasteiger charge is 2.26. The fourth-order valence-corrected chi connectivity index (χ4v) is 3.99. The van der Waals surface area contributed by atoms with E-state index in [4.69, 9.17) is 9.84 Å². The number of ether oxygens (including phenoxy) is 1. The van der Waals surface area contributed by atoms with E-state index in [1.165, 1.54) is 11.1 Å². The van der Waals surface area contributed by atoms with Crippen molar-refractivity contribution >= 4 is 37.2 Å². The summed E-state index contributed by atoms with van der Waals surface area (Å²) >= 11 is 0. The first-order valence-corrected chi connectivity index (χ1v) is 13.8. The van der Waals surface area contributed by atoms with Crippen LogP contribution in [0.2, 0.25) is 25.7 Å². The highest BCUT2D eigenvalue weighted by atomic mass is 28.3. The number of aromatic nitrogens is 3. The molecule has 1 unspecified atom stereocenters. The van der Waals surface area contributed by atoms with Gasteiger partial charge in [-0.1, -0.05) is 19.6 Å². The number of urea groups is 1. The maximum atomic E-state index is 12.1. The summed E-state index contributed by atoms with van der Waals surface area (Å²) in [6.45, 7) is 9.45. The number of carboxylic acid groups (broad SMARTS) is 1. The summed E-state index contributed by atoms with van der Waals surface area (Å²) in [4.78, 5) is 33.3. The van der Waals surface area contributed by atoms with E-state index in [9.17, 15) is 9.59 Å². The van der Waals surface area contributed by atoms with Crippen LogP contribution in [0.3, 0.4) is 0 Å². The van der Waals surface area contributed by atoms with E-state index >= 15 is 0 Å². The number of likely N-dealkylation sites (tertiary alicyclic amines) is 1. The molecule has 3 amide bonds. The Morgan fingerprint density at radius 2 is 2.17 bits per heavy atom. The number of amides is 3. The van der Waals surface area contributed by atoms with Crippen molar-refractivity contribution in [2.45, 2.75) is 38.8 Å². The average molecular weight is 435 g/mol. The van der Waals surface area contributed by atoms with Gasteiger partial charge >= 0.3 is 12.1 Å². The molecular formula is C19H30N6O4Si. The Balaban J connectivity index is 1.47. The minimum absolute atomic E-state index is 0.121. The molecule has 2 aromatic heterocycles. The van der Waals surface area contributed by atoms with Gasteiger partial charge in [-0.05, 0) is 24.4 Å². The van der Waals surface area contributed by atoms with Crippen LogP contribution in [0.1, 0.15) is 6.42 Å². The minimum Gasteiger partial charge on any atom is -0.465 e. The summed E-state index contributed by atoms with van der Waals surface area (Å²) in [5.41, 5.74) is 1.38. The Labute approximate surface area is 176 Å². The van der Waals surface area contributed by atoms with Gasteiger partial charge in [0.25, 0.3) is 0 Å². The van der Waals surface area contributed by atoms with Crippen LogP contribution in [0, 0.1) is 5.92 Å². The highest BCUT2D eigenvalue weighted by molar-refractivity contribution is 6.76. The van der Waals surface area contributed by atoms with Gasteiger partial charge in [0.15, 0.2) is 11.5 Å². The molecule has 1 saturated heterocycles. The van der Waals surface area contributed by atoms with E-state index in [1.54, 1.807) is 0 Å². The number of rotatable bonds is 8. The van der Waals surface area contributed by atoms with Crippen LogP contribution < -0.4 is 10.6 Å². The minimum atomic E-state index is -1.12. The zero-order valence-electron chi connectivity index (χ0n) is 17.7. The molecule has 1 atom stereocenters. The van der Waals surface area contributed by atoms with Crippen molar-refractivity contribution in [3.8, 4) is 0 Å². The molecule has 11 heteroatoms. The van der Waals surface area contributed by atoms with Crippen LogP contribution in [0.25, 0.3) is 11.2 Å². The molecule has 3 rings (SSSR count). The van der Waals surface area contributed by atoms with Crippen molar-refractivity contribution in [3.05, 3.63) is 18.5 Å². The molecule has 3 heterocycles. The summed E-state index contributed by atoms with van der Waals surface area (Å²) in [5.74, 6) is 0.478. The number of nitrogens with one attached hydrogen (secondary N) is 2. The second kappa shape index (κ2) is 9.43. The monoisotopic (exact) mass is 434 g/mol. The van der Waals surface area contributed by atoms with Gasteiger partial charge in [0.2, 0.25) is 0 Å². The first-order valence-electron chi connectivity index (χ1n) is 10.1. The molecular weight excluding hydrogens is 404 g/mol. The van der Waals surface area contributed by atoms with Crippen LogP contribution in [-0.2, 0) is 11.5 Å². The third-order valence-electron chi connectivity index (χ3n) is 5.04. The Bertz CT molecular complexity index is 897. The molecule has 0 bridgehead atoms. The van der Waals surface area contributed by atoms with Gasteiger partial charge in [-0.25, -0.2) is 19.6 Å². The molecule has 0 saturated carbocycles. The number of hydrogen-bond donors (Lipinski definition) is 3. The van der Waals surface area contributed by atoms with Crippen molar-refractivity contribution in [3.63, 3.8) is 0 Å². The third-order valence-corrected chi connectivity index (χ3v) is 6.74. The van der Waals surface area contributed by atoms with Gasteiger partial charge in [-0.2, -0.15) is 0 Å². The lowest BCUT2D eigenvalue weighted by Crippen LogP contribution is -2.35. The molecule has 2 aromatic rings. The zero-order valence-corrected chi connectivity index (χ0v) is 18.7. The van der Waals surface area contributed by atoms with Crippen molar-refractivity contribution < 1.29 is 19.4 Å². The summed E-state index contributed by atoms with van der Waals surface area (Å²) in [5, 5.41) is 14.4. The molecule has 0 radical (unpaired) electrons. The largest absolute Gasteiger partial charge is 0.465 e. The topological polar surface area (TPSA) is 122 Å². The molecule has 1 aliphatic heterocycles. The molecule has 30 heavy (non-hydrogen) atoms. The molecule has 0 aromatic carbocycles. The lowest BCUT2D eigenvalue weighted by Gasteiger charge is -2.15. The number of nitrogens with zero attached hydrogens (tertiary/aromatic N) is 4. The number of carbonyl (C=O) groups is 2.